The standard InChI is InChI=1S/C14H28O2/c1-4-12-5-7-13(8-6-12)14(15)9-11(2)10-16-3/h11-15H,4-10H2,1-3H3. The van der Waals surface area contributed by atoms with Crippen LogP contribution in [0.25, 0.3) is 0 Å². The highest BCUT2D eigenvalue weighted by molar-refractivity contribution is 4.78. The van der Waals surface area contributed by atoms with Crippen LogP contribution in [0, 0.1) is 17.8 Å². The van der Waals surface area contributed by atoms with Crippen molar-refractivity contribution in [1.29, 1.82) is 0 Å². The first-order valence-corrected chi connectivity index (χ1v) is 6.84. The Morgan fingerprint density at radius 1 is 1.25 bits per heavy atom. The van der Waals surface area contributed by atoms with E-state index in [1.807, 2.05) is 0 Å². The van der Waals surface area contributed by atoms with Gasteiger partial charge in [-0.3, -0.25) is 0 Å². The second-order valence-corrected chi connectivity index (χ2v) is 5.55. The van der Waals surface area contributed by atoms with E-state index in [-0.39, 0.29) is 6.10 Å². The average Bonchev–Trinajstić information content (AvgIpc) is 2.29. The van der Waals surface area contributed by atoms with Crippen molar-refractivity contribution in [2.75, 3.05) is 13.7 Å². The van der Waals surface area contributed by atoms with Gasteiger partial charge in [0.15, 0.2) is 0 Å². The molecule has 2 nitrogen and oxygen atoms in total. The van der Waals surface area contributed by atoms with Crippen molar-refractivity contribution in [2.24, 2.45) is 17.8 Å². The third-order valence-electron chi connectivity index (χ3n) is 4.11. The minimum Gasteiger partial charge on any atom is -0.393 e. The van der Waals surface area contributed by atoms with Gasteiger partial charge in [0.25, 0.3) is 0 Å². The highest BCUT2D eigenvalue weighted by Gasteiger charge is 2.26. The third-order valence-corrected chi connectivity index (χ3v) is 4.11. The van der Waals surface area contributed by atoms with Crippen molar-refractivity contribution in [3.8, 4) is 0 Å². The molecule has 0 radical (unpaired) electrons. The van der Waals surface area contributed by atoms with Gasteiger partial charge < -0.3 is 9.84 Å². The third kappa shape index (κ3) is 4.42. The van der Waals surface area contributed by atoms with E-state index in [2.05, 4.69) is 13.8 Å². The summed E-state index contributed by atoms with van der Waals surface area (Å²) in [5, 5.41) is 10.2. The Morgan fingerprint density at radius 3 is 2.38 bits per heavy atom. The lowest BCUT2D eigenvalue weighted by atomic mass is 9.77. The smallest absolute Gasteiger partial charge is 0.0571 e. The van der Waals surface area contributed by atoms with Crippen molar-refractivity contribution in [2.45, 2.75) is 58.5 Å². The van der Waals surface area contributed by atoms with E-state index >= 15 is 0 Å². The molecule has 1 N–H and O–H groups in total. The maximum Gasteiger partial charge on any atom is 0.0571 e. The Labute approximate surface area is 100 Å². The topological polar surface area (TPSA) is 29.5 Å². The summed E-state index contributed by atoms with van der Waals surface area (Å²) in [7, 11) is 1.73. The van der Waals surface area contributed by atoms with Crippen LogP contribution in [0.4, 0.5) is 0 Å². The van der Waals surface area contributed by atoms with Gasteiger partial charge in [0.1, 0.15) is 0 Å². The molecule has 0 heterocycles. The van der Waals surface area contributed by atoms with Crippen LogP contribution in [0.5, 0.6) is 0 Å². The molecule has 1 rings (SSSR count). The number of aliphatic hydroxyl groups excluding tert-OH is 1. The second kappa shape index (κ2) is 7.29. The van der Waals surface area contributed by atoms with Crippen LogP contribution in [-0.4, -0.2) is 24.9 Å². The molecule has 0 aromatic carbocycles. The molecule has 0 aromatic heterocycles. The van der Waals surface area contributed by atoms with Gasteiger partial charge in [-0.1, -0.05) is 33.1 Å². The van der Waals surface area contributed by atoms with Crippen LogP contribution in [0.3, 0.4) is 0 Å². The highest BCUT2D eigenvalue weighted by atomic mass is 16.5. The van der Waals surface area contributed by atoms with Crippen LogP contribution in [-0.2, 0) is 4.74 Å². The molecule has 0 spiro atoms. The molecule has 0 amide bonds. The fraction of sp³-hybridized carbons (Fsp3) is 1.00. The summed E-state index contributed by atoms with van der Waals surface area (Å²) in [5.74, 6) is 1.94. The van der Waals surface area contributed by atoms with E-state index in [1.54, 1.807) is 7.11 Å². The monoisotopic (exact) mass is 228 g/mol. The molecule has 0 bridgehead atoms. The molecule has 1 saturated carbocycles. The summed E-state index contributed by atoms with van der Waals surface area (Å²) in [6, 6.07) is 0. The molecular formula is C14H28O2. The fourth-order valence-electron chi connectivity index (χ4n) is 2.94. The number of rotatable bonds is 6. The predicted octanol–water partition coefficient (Wildman–Crippen LogP) is 3.24. The zero-order chi connectivity index (χ0) is 12.0. The molecule has 2 atom stereocenters. The van der Waals surface area contributed by atoms with E-state index in [4.69, 9.17) is 4.74 Å². The van der Waals surface area contributed by atoms with Gasteiger partial charge in [-0.25, -0.2) is 0 Å². The molecule has 2 unspecified atom stereocenters. The largest absolute Gasteiger partial charge is 0.393 e. The maximum absolute atomic E-state index is 10.2. The van der Waals surface area contributed by atoms with Gasteiger partial charge >= 0.3 is 0 Å². The lowest BCUT2D eigenvalue weighted by Gasteiger charge is -2.32. The molecule has 16 heavy (non-hydrogen) atoms. The second-order valence-electron chi connectivity index (χ2n) is 5.55. The number of hydrogen-bond acceptors (Lipinski definition) is 2. The van der Waals surface area contributed by atoms with Crippen LogP contribution >= 0.6 is 0 Å². The number of ether oxygens (including phenoxy) is 1. The maximum atomic E-state index is 10.2. The molecule has 1 aliphatic carbocycles. The van der Waals surface area contributed by atoms with Crippen molar-refractivity contribution in [3.63, 3.8) is 0 Å². The summed E-state index contributed by atoms with van der Waals surface area (Å²) in [6.07, 6.45) is 7.17. The number of aliphatic hydroxyl groups is 1. The molecule has 1 aliphatic rings. The van der Waals surface area contributed by atoms with Gasteiger partial charge in [0.2, 0.25) is 0 Å². The van der Waals surface area contributed by atoms with Gasteiger partial charge in [-0.2, -0.15) is 0 Å². The van der Waals surface area contributed by atoms with E-state index in [1.165, 1.54) is 32.1 Å². The minimum atomic E-state index is -0.108. The van der Waals surface area contributed by atoms with Crippen molar-refractivity contribution in [3.05, 3.63) is 0 Å². The van der Waals surface area contributed by atoms with Gasteiger partial charge in [-0.05, 0) is 37.0 Å². The van der Waals surface area contributed by atoms with E-state index in [0.717, 1.165) is 18.9 Å². The Bertz CT molecular complexity index is 174. The minimum absolute atomic E-state index is 0.108. The highest BCUT2D eigenvalue weighted by Crippen LogP contribution is 2.33. The molecule has 0 aromatic rings. The normalized spacial score (nSPS) is 30.0. The Balaban J connectivity index is 2.24. The SMILES string of the molecule is CCC1CCC(C(O)CC(C)COC)CC1. The van der Waals surface area contributed by atoms with Gasteiger partial charge in [-0.15, -0.1) is 0 Å². The Hall–Kier alpha value is -0.0800. The summed E-state index contributed by atoms with van der Waals surface area (Å²) < 4.78 is 5.12. The first-order chi connectivity index (χ1) is 7.67. The van der Waals surface area contributed by atoms with Crippen LogP contribution < -0.4 is 0 Å². The molecule has 0 aliphatic heterocycles. The predicted molar refractivity (Wildman–Crippen MR) is 67.4 cm³/mol. The summed E-state index contributed by atoms with van der Waals surface area (Å²) >= 11 is 0. The molecular weight excluding hydrogens is 200 g/mol. The van der Waals surface area contributed by atoms with Gasteiger partial charge in [0, 0.05) is 13.7 Å². The summed E-state index contributed by atoms with van der Waals surface area (Å²) in [5.41, 5.74) is 0. The van der Waals surface area contributed by atoms with Crippen LogP contribution in [0.2, 0.25) is 0 Å². The lowest BCUT2D eigenvalue weighted by Crippen LogP contribution is -2.28. The van der Waals surface area contributed by atoms with Crippen molar-refractivity contribution >= 4 is 0 Å². The first-order valence-electron chi connectivity index (χ1n) is 6.84. The quantitative estimate of drug-likeness (QED) is 0.756. The summed E-state index contributed by atoms with van der Waals surface area (Å²) in [4.78, 5) is 0. The van der Waals surface area contributed by atoms with Crippen LogP contribution in [0.1, 0.15) is 52.4 Å². The lowest BCUT2D eigenvalue weighted by molar-refractivity contribution is 0.0406. The molecule has 2 heteroatoms. The van der Waals surface area contributed by atoms with Crippen molar-refractivity contribution in [1.82, 2.24) is 0 Å². The van der Waals surface area contributed by atoms with Crippen LogP contribution in [0.15, 0.2) is 0 Å². The molecule has 96 valence electrons. The number of hydrogen-bond donors (Lipinski definition) is 1. The van der Waals surface area contributed by atoms with E-state index in [0.29, 0.717) is 11.8 Å². The van der Waals surface area contributed by atoms with Crippen molar-refractivity contribution < 1.29 is 9.84 Å². The average molecular weight is 228 g/mol. The fourth-order valence-corrected chi connectivity index (χ4v) is 2.94. The zero-order valence-electron chi connectivity index (χ0n) is 11.1. The number of methoxy groups -OCH3 is 1. The zero-order valence-corrected chi connectivity index (χ0v) is 11.1. The Morgan fingerprint density at radius 2 is 1.88 bits per heavy atom. The summed E-state index contributed by atoms with van der Waals surface area (Å²) in [6.45, 7) is 5.20. The molecule has 1 fully saturated rings. The molecule has 0 saturated heterocycles. The Kier molecular flexibility index (Phi) is 6.37. The van der Waals surface area contributed by atoms with E-state index in [9.17, 15) is 5.11 Å². The first kappa shape index (κ1) is 14.0. The van der Waals surface area contributed by atoms with E-state index < -0.39 is 0 Å². The van der Waals surface area contributed by atoms with Gasteiger partial charge in [0.05, 0.1) is 6.10 Å².